The second-order valence-corrected chi connectivity index (χ2v) is 3.25. The SMILES string of the molecule is NCc1ccc(-c2ncnn2S)cc1. The molecule has 0 fully saturated rings. The highest BCUT2D eigenvalue weighted by Gasteiger charge is 2.03. The lowest BCUT2D eigenvalue weighted by molar-refractivity contribution is 1.02. The van der Waals surface area contributed by atoms with Crippen molar-refractivity contribution in [1.82, 2.24) is 14.2 Å². The van der Waals surface area contributed by atoms with Gasteiger partial charge in [-0.15, -0.1) is 5.10 Å². The molecular formula is C9H10N4S. The predicted octanol–water partition coefficient (Wildman–Crippen LogP) is 1.10. The predicted molar refractivity (Wildman–Crippen MR) is 57.7 cm³/mol. The van der Waals surface area contributed by atoms with Crippen LogP contribution in [0, 0.1) is 0 Å². The highest BCUT2D eigenvalue weighted by atomic mass is 32.1. The third-order valence-electron chi connectivity index (χ3n) is 1.98. The summed E-state index contributed by atoms with van der Waals surface area (Å²) in [6.45, 7) is 0.549. The molecule has 2 aromatic rings. The molecular weight excluding hydrogens is 196 g/mol. The molecule has 0 aliphatic heterocycles. The monoisotopic (exact) mass is 206 g/mol. The van der Waals surface area contributed by atoms with E-state index < -0.39 is 0 Å². The summed E-state index contributed by atoms with van der Waals surface area (Å²) >= 11 is 4.13. The van der Waals surface area contributed by atoms with E-state index >= 15 is 0 Å². The van der Waals surface area contributed by atoms with E-state index in [1.54, 1.807) is 0 Å². The number of hydrogen-bond donors (Lipinski definition) is 2. The maximum absolute atomic E-state index is 5.50. The van der Waals surface area contributed by atoms with Crippen LogP contribution in [-0.4, -0.2) is 14.2 Å². The fraction of sp³-hybridized carbons (Fsp3) is 0.111. The van der Waals surface area contributed by atoms with Crippen LogP contribution in [0.5, 0.6) is 0 Å². The molecule has 72 valence electrons. The molecule has 1 aromatic carbocycles. The van der Waals surface area contributed by atoms with Gasteiger partial charge >= 0.3 is 0 Å². The molecule has 2 N–H and O–H groups in total. The van der Waals surface area contributed by atoms with E-state index in [2.05, 4.69) is 22.9 Å². The molecule has 2 rings (SSSR count). The van der Waals surface area contributed by atoms with E-state index in [1.165, 1.54) is 10.4 Å². The van der Waals surface area contributed by atoms with Crippen molar-refractivity contribution in [2.75, 3.05) is 0 Å². The largest absolute Gasteiger partial charge is 0.326 e. The summed E-state index contributed by atoms with van der Waals surface area (Å²) in [7, 11) is 0. The second kappa shape index (κ2) is 3.81. The first kappa shape index (κ1) is 9.23. The van der Waals surface area contributed by atoms with Crippen LogP contribution < -0.4 is 5.73 Å². The zero-order chi connectivity index (χ0) is 9.97. The summed E-state index contributed by atoms with van der Waals surface area (Å²) < 4.78 is 1.44. The molecule has 1 aromatic heterocycles. The van der Waals surface area contributed by atoms with E-state index in [-0.39, 0.29) is 0 Å². The Bertz CT molecular complexity index is 421. The van der Waals surface area contributed by atoms with Gasteiger partial charge in [0.15, 0.2) is 5.82 Å². The standard InChI is InChI=1S/C9H10N4S/c10-5-7-1-3-8(4-2-7)9-11-6-12-13(9)14/h1-4,6,14H,5,10H2. The Morgan fingerprint density at radius 3 is 2.50 bits per heavy atom. The van der Waals surface area contributed by atoms with Crippen molar-refractivity contribution >= 4 is 12.8 Å². The number of thiol groups is 1. The van der Waals surface area contributed by atoms with Crippen molar-refractivity contribution in [1.29, 1.82) is 0 Å². The van der Waals surface area contributed by atoms with Gasteiger partial charge in [0.2, 0.25) is 0 Å². The van der Waals surface area contributed by atoms with Crippen molar-refractivity contribution in [3.05, 3.63) is 36.2 Å². The average Bonchev–Trinajstić information content (AvgIpc) is 2.65. The Morgan fingerprint density at radius 1 is 1.29 bits per heavy atom. The van der Waals surface area contributed by atoms with Gasteiger partial charge in [-0.2, -0.15) is 4.09 Å². The van der Waals surface area contributed by atoms with Crippen LogP contribution in [0.1, 0.15) is 5.56 Å². The van der Waals surface area contributed by atoms with Crippen molar-refractivity contribution in [2.45, 2.75) is 6.54 Å². The summed E-state index contributed by atoms with van der Waals surface area (Å²) in [6.07, 6.45) is 1.47. The topological polar surface area (TPSA) is 56.7 Å². The Labute approximate surface area is 87.3 Å². The molecule has 0 unspecified atom stereocenters. The van der Waals surface area contributed by atoms with E-state index in [9.17, 15) is 0 Å². The highest BCUT2D eigenvalue weighted by Crippen LogP contribution is 2.17. The quantitative estimate of drug-likeness (QED) is 0.723. The average molecular weight is 206 g/mol. The fourth-order valence-electron chi connectivity index (χ4n) is 1.22. The van der Waals surface area contributed by atoms with Crippen LogP contribution in [0.25, 0.3) is 11.4 Å². The van der Waals surface area contributed by atoms with Crippen molar-refractivity contribution in [3.63, 3.8) is 0 Å². The number of rotatable bonds is 2. The Balaban J connectivity index is 2.39. The molecule has 14 heavy (non-hydrogen) atoms. The summed E-state index contributed by atoms with van der Waals surface area (Å²) in [4.78, 5) is 4.09. The minimum Gasteiger partial charge on any atom is -0.326 e. The third-order valence-corrected chi connectivity index (χ3v) is 2.27. The summed E-state index contributed by atoms with van der Waals surface area (Å²) in [6, 6.07) is 7.85. The van der Waals surface area contributed by atoms with Gasteiger partial charge in [-0.05, 0) is 18.4 Å². The highest BCUT2D eigenvalue weighted by molar-refractivity contribution is 7.78. The lowest BCUT2D eigenvalue weighted by Gasteiger charge is -2.00. The molecule has 4 nitrogen and oxygen atoms in total. The summed E-state index contributed by atoms with van der Waals surface area (Å²) in [5.41, 5.74) is 7.58. The normalized spacial score (nSPS) is 10.4. The zero-order valence-electron chi connectivity index (χ0n) is 7.46. The third kappa shape index (κ3) is 1.64. The fourth-order valence-corrected chi connectivity index (χ4v) is 1.43. The van der Waals surface area contributed by atoms with Gasteiger partial charge in [0.1, 0.15) is 6.33 Å². The zero-order valence-corrected chi connectivity index (χ0v) is 8.35. The molecule has 0 atom stereocenters. The van der Waals surface area contributed by atoms with Gasteiger partial charge < -0.3 is 5.73 Å². The summed E-state index contributed by atoms with van der Waals surface area (Å²) in [5, 5.41) is 3.88. The Hall–Kier alpha value is -1.33. The maximum Gasteiger partial charge on any atom is 0.169 e. The van der Waals surface area contributed by atoms with E-state index in [0.29, 0.717) is 6.54 Å². The van der Waals surface area contributed by atoms with Crippen LogP contribution in [0.4, 0.5) is 0 Å². The molecule has 0 saturated heterocycles. The molecule has 1 heterocycles. The molecule has 0 saturated carbocycles. The number of aromatic nitrogens is 3. The Morgan fingerprint density at radius 2 is 2.00 bits per heavy atom. The van der Waals surface area contributed by atoms with E-state index in [0.717, 1.165) is 17.0 Å². The van der Waals surface area contributed by atoms with Crippen LogP contribution in [0.3, 0.4) is 0 Å². The molecule has 0 amide bonds. The van der Waals surface area contributed by atoms with Crippen molar-refractivity contribution in [2.24, 2.45) is 5.73 Å². The van der Waals surface area contributed by atoms with Crippen LogP contribution in [-0.2, 0) is 6.54 Å². The second-order valence-electron chi connectivity index (χ2n) is 2.87. The smallest absolute Gasteiger partial charge is 0.169 e. The van der Waals surface area contributed by atoms with Gasteiger partial charge in [-0.25, -0.2) is 4.98 Å². The van der Waals surface area contributed by atoms with Gasteiger partial charge in [-0.3, -0.25) is 0 Å². The molecule has 5 heteroatoms. The maximum atomic E-state index is 5.50. The van der Waals surface area contributed by atoms with Gasteiger partial charge in [0.25, 0.3) is 0 Å². The van der Waals surface area contributed by atoms with Gasteiger partial charge in [0, 0.05) is 12.1 Å². The van der Waals surface area contributed by atoms with Crippen molar-refractivity contribution < 1.29 is 0 Å². The first-order chi connectivity index (χ1) is 6.81. The molecule has 0 radical (unpaired) electrons. The van der Waals surface area contributed by atoms with Gasteiger partial charge in [0.05, 0.1) is 0 Å². The van der Waals surface area contributed by atoms with E-state index in [1.807, 2.05) is 24.3 Å². The number of hydrogen-bond acceptors (Lipinski definition) is 4. The van der Waals surface area contributed by atoms with E-state index in [4.69, 9.17) is 5.73 Å². The first-order valence-electron chi connectivity index (χ1n) is 4.20. The molecule has 0 aliphatic rings. The molecule has 0 spiro atoms. The minimum atomic E-state index is 0.549. The lowest BCUT2D eigenvalue weighted by atomic mass is 10.1. The van der Waals surface area contributed by atoms with Crippen LogP contribution >= 0.6 is 12.8 Å². The molecule has 0 aliphatic carbocycles. The van der Waals surface area contributed by atoms with Crippen molar-refractivity contribution in [3.8, 4) is 11.4 Å². The summed E-state index contributed by atoms with van der Waals surface area (Å²) in [5.74, 6) is 0.733. The Kier molecular flexibility index (Phi) is 2.51. The number of nitrogens with zero attached hydrogens (tertiary/aromatic N) is 3. The minimum absolute atomic E-state index is 0.549. The molecule has 0 bridgehead atoms. The number of benzene rings is 1. The van der Waals surface area contributed by atoms with Crippen LogP contribution in [0.15, 0.2) is 30.6 Å². The first-order valence-corrected chi connectivity index (χ1v) is 4.60. The lowest BCUT2D eigenvalue weighted by Crippen LogP contribution is -1.96. The van der Waals surface area contributed by atoms with Crippen LogP contribution in [0.2, 0.25) is 0 Å². The van der Waals surface area contributed by atoms with Gasteiger partial charge in [-0.1, -0.05) is 24.3 Å². The number of nitrogens with two attached hydrogens (primary N) is 1.